The lowest BCUT2D eigenvalue weighted by molar-refractivity contribution is 0.195. The summed E-state index contributed by atoms with van der Waals surface area (Å²) < 4.78 is 6.90. The van der Waals surface area contributed by atoms with Gasteiger partial charge in [0.15, 0.2) is 5.82 Å². The number of thiophene rings is 1. The van der Waals surface area contributed by atoms with Crippen LogP contribution in [0.4, 0.5) is 0 Å². The zero-order chi connectivity index (χ0) is 13.7. The molecule has 0 amide bonds. The van der Waals surface area contributed by atoms with Crippen molar-refractivity contribution in [2.75, 3.05) is 20.3 Å². The molecule has 2 rings (SSSR count). The van der Waals surface area contributed by atoms with Crippen LogP contribution in [0.5, 0.6) is 0 Å². The highest BCUT2D eigenvalue weighted by molar-refractivity contribution is 7.10. The average molecular weight is 281 g/mol. The van der Waals surface area contributed by atoms with E-state index in [1.165, 1.54) is 4.88 Å². The minimum Gasteiger partial charge on any atom is -0.383 e. The van der Waals surface area contributed by atoms with Crippen molar-refractivity contribution in [3.05, 3.63) is 28.2 Å². The maximum atomic E-state index is 5.03. The number of rotatable bonds is 7. The van der Waals surface area contributed by atoms with Gasteiger partial charge in [0.25, 0.3) is 0 Å². The Morgan fingerprint density at radius 3 is 3.00 bits per heavy atom. The van der Waals surface area contributed by atoms with E-state index in [1.54, 1.807) is 18.4 Å². The van der Waals surface area contributed by atoms with Gasteiger partial charge in [-0.05, 0) is 35.7 Å². The van der Waals surface area contributed by atoms with E-state index in [2.05, 4.69) is 46.1 Å². The third-order valence-corrected chi connectivity index (χ3v) is 4.03. The fraction of sp³-hybridized carbons (Fsp3) is 0.583. The molecule has 0 aromatic carbocycles. The fourth-order valence-corrected chi connectivity index (χ4v) is 2.65. The van der Waals surface area contributed by atoms with E-state index >= 15 is 0 Å². The smallest absolute Gasteiger partial charge is 0.168 e. The molecule has 2 atom stereocenters. The van der Waals surface area contributed by atoms with Gasteiger partial charge in [-0.1, -0.05) is 6.07 Å². The van der Waals surface area contributed by atoms with Crippen LogP contribution in [-0.2, 0) is 4.74 Å². The molecule has 2 heterocycles. The lowest BCUT2D eigenvalue weighted by atomic mass is 10.2. The van der Waals surface area contributed by atoms with Gasteiger partial charge < -0.3 is 10.1 Å². The van der Waals surface area contributed by atoms with Crippen LogP contribution in [0.25, 0.3) is 0 Å². The summed E-state index contributed by atoms with van der Waals surface area (Å²) in [5.41, 5.74) is 0. The number of tetrazole rings is 1. The van der Waals surface area contributed by atoms with Crippen LogP contribution in [0.2, 0.25) is 0 Å². The maximum absolute atomic E-state index is 5.03. The number of hydrogen-bond donors (Lipinski definition) is 1. The van der Waals surface area contributed by atoms with Crippen LogP contribution in [0.15, 0.2) is 17.5 Å². The molecule has 0 fully saturated rings. The normalized spacial score (nSPS) is 14.5. The van der Waals surface area contributed by atoms with E-state index in [0.29, 0.717) is 6.61 Å². The highest BCUT2D eigenvalue weighted by Crippen LogP contribution is 2.23. The van der Waals surface area contributed by atoms with Gasteiger partial charge in [0.1, 0.15) is 0 Å². The minimum atomic E-state index is 0.0903. The predicted molar refractivity (Wildman–Crippen MR) is 74.2 cm³/mol. The van der Waals surface area contributed by atoms with Gasteiger partial charge in [-0.2, -0.15) is 0 Å². The summed E-state index contributed by atoms with van der Waals surface area (Å²) in [5.74, 6) is 0.844. The van der Waals surface area contributed by atoms with Gasteiger partial charge in [-0.25, -0.2) is 4.68 Å². The monoisotopic (exact) mass is 281 g/mol. The Labute approximate surface area is 116 Å². The first-order valence-corrected chi connectivity index (χ1v) is 7.15. The van der Waals surface area contributed by atoms with E-state index in [4.69, 9.17) is 4.74 Å². The van der Waals surface area contributed by atoms with Gasteiger partial charge >= 0.3 is 0 Å². The summed E-state index contributed by atoms with van der Waals surface area (Å²) in [7, 11) is 1.69. The molecule has 19 heavy (non-hydrogen) atoms. The highest BCUT2D eigenvalue weighted by Gasteiger charge is 2.19. The number of methoxy groups -OCH3 is 1. The maximum Gasteiger partial charge on any atom is 0.168 e. The summed E-state index contributed by atoms with van der Waals surface area (Å²) in [4.78, 5) is 1.25. The number of nitrogens with zero attached hydrogens (tertiary/aromatic N) is 4. The SMILES string of the molecule is COCCNC(C)c1nnnn1C(C)c1cccs1. The molecule has 6 nitrogen and oxygen atoms in total. The molecule has 2 aromatic heterocycles. The average Bonchev–Trinajstić information content (AvgIpc) is 3.09. The molecule has 0 saturated carbocycles. The van der Waals surface area contributed by atoms with Crippen LogP contribution in [0.3, 0.4) is 0 Å². The summed E-state index contributed by atoms with van der Waals surface area (Å²) >= 11 is 1.71. The van der Waals surface area contributed by atoms with Gasteiger partial charge in [0.05, 0.1) is 18.7 Å². The Morgan fingerprint density at radius 1 is 1.47 bits per heavy atom. The molecular weight excluding hydrogens is 262 g/mol. The summed E-state index contributed by atoms with van der Waals surface area (Å²) in [6.07, 6.45) is 0. The Morgan fingerprint density at radius 2 is 2.32 bits per heavy atom. The number of hydrogen-bond acceptors (Lipinski definition) is 6. The number of nitrogens with one attached hydrogen (secondary N) is 1. The Bertz CT molecular complexity index is 484. The van der Waals surface area contributed by atoms with Crippen LogP contribution < -0.4 is 5.32 Å². The fourth-order valence-electron chi connectivity index (χ4n) is 1.88. The molecule has 2 aromatic rings. The van der Waals surface area contributed by atoms with Gasteiger partial charge in [0.2, 0.25) is 0 Å². The second-order valence-electron chi connectivity index (χ2n) is 4.34. The molecule has 0 radical (unpaired) electrons. The first kappa shape index (κ1) is 14.1. The molecule has 2 unspecified atom stereocenters. The van der Waals surface area contributed by atoms with Crippen molar-refractivity contribution in [3.63, 3.8) is 0 Å². The Hall–Kier alpha value is -1.31. The third-order valence-electron chi connectivity index (χ3n) is 2.98. The van der Waals surface area contributed by atoms with Crippen molar-refractivity contribution in [1.82, 2.24) is 25.5 Å². The van der Waals surface area contributed by atoms with Crippen molar-refractivity contribution in [3.8, 4) is 0 Å². The molecule has 7 heteroatoms. The zero-order valence-corrected chi connectivity index (χ0v) is 12.2. The molecule has 104 valence electrons. The molecule has 0 aliphatic rings. The molecule has 0 saturated heterocycles. The van der Waals surface area contributed by atoms with Crippen LogP contribution >= 0.6 is 11.3 Å². The van der Waals surface area contributed by atoms with Gasteiger partial charge in [-0.15, -0.1) is 16.4 Å². The van der Waals surface area contributed by atoms with E-state index in [9.17, 15) is 0 Å². The standard InChI is InChI=1S/C12H19N5OS/c1-9(13-6-7-18-3)12-14-15-16-17(12)10(2)11-5-4-8-19-11/h4-5,8-10,13H,6-7H2,1-3H3. The van der Waals surface area contributed by atoms with Crippen LogP contribution in [0, 0.1) is 0 Å². The zero-order valence-electron chi connectivity index (χ0n) is 11.4. The molecular formula is C12H19N5OS. The highest BCUT2D eigenvalue weighted by atomic mass is 32.1. The minimum absolute atomic E-state index is 0.0903. The van der Waals surface area contributed by atoms with E-state index in [-0.39, 0.29) is 12.1 Å². The van der Waals surface area contributed by atoms with E-state index in [0.717, 1.165) is 12.4 Å². The molecule has 0 aliphatic heterocycles. The quantitative estimate of drug-likeness (QED) is 0.782. The van der Waals surface area contributed by atoms with Crippen molar-refractivity contribution in [2.24, 2.45) is 0 Å². The lowest BCUT2D eigenvalue weighted by Gasteiger charge is -2.16. The number of aromatic nitrogens is 4. The molecule has 1 N–H and O–H groups in total. The predicted octanol–water partition coefficient (Wildman–Crippen LogP) is 1.64. The summed E-state index contributed by atoms with van der Waals surface area (Å²) in [6.45, 7) is 5.61. The number of ether oxygens (including phenoxy) is 1. The topological polar surface area (TPSA) is 64.9 Å². The first-order chi connectivity index (χ1) is 9.24. The van der Waals surface area contributed by atoms with Crippen molar-refractivity contribution in [1.29, 1.82) is 0 Å². The van der Waals surface area contributed by atoms with E-state index < -0.39 is 0 Å². The van der Waals surface area contributed by atoms with E-state index in [1.807, 2.05) is 10.7 Å². The second kappa shape index (κ2) is 6.74. The third kappa shape index (κ3) is 3.37. The first-order valence-electron chi connectivity index (χ1n) is 6.27. The lowest BCUT2D eigenvalue weighted by Crippen LogP contribution is -2.26. The van der Waals surface area contributed by atoms with Gasteiger partial charge in [-0.3, -0.25) is 0 Å². The molecule has 0 bridgehead atoms. The summed E-state index contributed by atoms with van der Waals surface area (Å²) in [6, 6.07) is 4.38. The second-order valence-corrected chi connectivity index (χ2v) is 5.32. The van der Waals surface area contributed by atoms with Crippen LogP contribution in [-0.4, -0.2) is 40.5 Å². The van der Waals surface area contributed by atoms with Crippen molar-refractivity contribution < 1.29 is 4.74 Å². The molecule has 0 aliphatic carbocycles. The van der Waals surface area contributed by atoms with Crippen molar-refractivity contribution in [2.45, 2.75) is 25.9 Å². The van der Waals surface area contributed by atoms with Gasteiger partial charge in [0, 0.05) is 18.5 Å². The Balaban J connectivity index is 2.08. The van der Waals surface area contributed by atoms with Crippen molar-refractivity contribution >= 4 is 11.3 Å². The molecule has 0 spiro atoms. The summed E-state index contributed by atoms with van der Waals surface area (Å²) in [5, 5.41) is 17.4. The Kier molecular flexibility index (Phi) is 5.00. The van der Waals surface area contributed by atoms with Crippen LogP contribution in [0.1, 0.15) is 36.6 Å². The largest absolute Gasteiger partial charge is 0.383 e.